The van der Waals surface area contributed by atoms with Crippen molar-refractivity contribution in [3.05, 3.63) is 53.6 Å². The van der Waals surface area contributed by atoms with Gasteiger partial charge in [-0.1, -0.05) is 56.2 Å². The number of hydrogen-bond donors (Lipinski definition) is 1. The van der Waals surface area contributed by atoms with Gasteiger partial charge < -0.3 is 5.32 Å². The fourth-order valence-corrected chi connectivity index (χ4v) is 3.39. The number of hydrogen-bond acceptors (Lipinski definition) is 2. The number of amides is 1. The van der Waals surface area contributed by atoms with Gasteiger partial charge in [0.05, 0.1) is 0 Å². The Kier molecular flexibility index (Phi) is 4.96. The molecule has 1 aliphatic carbocycles. The van der Waals surface area contributed by atoms with Crippen molar-refractivity contribution >= 4 is 22.8 Å². The van der Waals surface area contributed by atoms with Gasteiger partial charge in [-0.3, -0.25) is 4.79 Å². The van der Waals surface area contributed by atoms with E-state index in [1.54, 1.807) is 6.08 Å². The first kappa shape index (κ1) is 16.3. The predicted octanol–water partition coefficient (Wildman–Crippen LogP) is 4.44. The second kappa shape index (κ2) is 7.31. The molecule has 0 unspecified atom stereocenters. The van der Waals surface area contributed by atoms with Crippen LogP contribution in [0, 0.1) is 17.2 Å². The van der Waals surface area contributed by atoms with Crippen molar-refractivity contribution in [3.63, 3.8) is 0 Å². The third kappa shape index (κ3) is 3.65. The Bertz CT molecular complexity index is 816. The average molecular weight is 318 g/mol. The molecule has 0 aromatic heterocycles. The molecule has 1 N–H and O–H groups in total. The molecule has 1 amide bonds. The second-order valence-electron chi connectivity index (χ2n) is 6.62. The molecule has 0 radical (unpaired) electrons. The summed E-state index contributed by atoms with van der Waals surface area (Å²) >= 11 is 0. The van der Waals surface area contributed by atoms with Crippen LogP contribution in [0.4, 0.5) is 0 Å². The number of benzene rings is 2. The van der Waals surface area contributed by atoms with Gasteiger partial charge in [-0.25, -0.2) is 0 Å². The molecule has 0 spiro atoms. The number of carbonyl (C=O) groups is 1. The highest BCUT2D eigenvalue weighted by atomic mass is 16.1. The van der Waals surface area contributed by atoms with Gasteiger partial charge in [0.15, 0.2) is 0 Å². The monoisotopic (exact) mass is 318 g/mol. The summed E-state index contributed by atoms with van der Waals surface area (Å²) in [5.41, 5.74) is 1.04. The lowest BCUT2D eigenvalue weighted by Gasteiger charge is -2.29. The molecule has 2 aromatic carbocycles. The smallest absolute Gasteiger partial charge is 0.262 e. The largest absolute Gasteiger partial charge is 0.348 e. The maximum atomic E-state index is 12.5. The first-order valence-corrected chi connectivity index (χ1v) is 8.59. The van der Waals surface area contributed by atoms with E-state index in [0.29, 0.717) is 5.92 Å². The zero-order valence-electron chi connectivity index (χ0n) is 14.0. The number of nitrogens with one attached hydrogen (secondary N) is 1. The summed E-state index contributed by atoms with van der Waals surface area (Å²) < 4.78 is 0. The van der Waals surface area contributed by atoms with Gasteiger partial charge in [0.2, 0.25) is 0 Å². The van der Waals surface area contributed by atoms with E-state index in [-0.39, 0.29) is 17.5 Å². The van der Waals surface area contributed by atoms with E-state index in [0.717, 1.165) is 35.6 Å². The van der Waals surface area contributed by atoms with E-state index in [9.17, 15) is 10.1 Å². The molecule has 0 aliphatic heterocycles. The quantitative estimate of drug-likeness (QED) is 0.672. The van der Waals surface area contributed by atoms with E-state index >= 15 is 0 Å². The van der Waals surface area contributed by atoms with Crippen molar-refractivity contribution in [1.29, 1.82) is 5.26 Å². The lowest BCUT2D eigenvalue weighted by atomic mass is 9.86. The van der Waals surface area contributed by atoms with E-state index in [4.69, 9.17) is 0 Å². The van der Waals surface area contributed by atoms with Crippen LogP contribution in [0.3, 0.4) is 0 Å². The lowest BCUT2D eigenvalue weighted by molar-refractivity contribution is -0.118. The highest BCUT2D eigenvalue weighted by Crippen LogP contribution is 2.24. The molecule has 0 heterocycles. The predicted molar refractivity (Wildman–Crippen MR) is 97.1 cm³/mol. The summed E-state index contributed by atoms with van der Waals surface area (Å²) in [6.07, 6.45) is 6.19. The molecule has 2 atom stereocenters. The van der Waals surface area contributed by atoms with Gasteiger partial charge in [-0.2, -0.15) is 5.26 Å². The van der Waals surface area contributed by atoms with Gasteiger partial charge in [-0.05, 0) is 47.2 Å². The third-order valence-electron chi connectivity index (χ3n) is 4.88. The van der Waals surface area contributed by atoms with Crippen molar-refractivity contribution in [1.82, 2.24) is 5.32 Å². The number of fused-ring (bicyclic) bond motifs is 1. The van der Waals surface area contributed by atoms with Gasteiger partial charge in [0.25, 0.3) is 5.91 Å². The SMILES string of the molecule is C[C@@H]1CCCC[C@H]1NC(=O)/C(C#N)=C/c1ccc2ccccc2c1. The van der Waals surface area contributed by atoms with Crippen LogP contribution >= 0.6 is 0 Å². The lowest BCUT2D eigenvalue weighted by Crippen LogP contribution is -2.41. The maximum absolute atomic E-state index is 12.5. The summed E-state index contributed by atoms with van der Waals surface area (Å²) in [4.78, 5) is 12.5. The number of nitrogens with zero attached hydrogens (tertiary/aromatic N) is 1. The minimum atomic E-state index is -0.260. The Labute approximate surface area is 143 Å². The van der Waals surface area contributed by atoms with Gasteiger partial charge in [0.1, 0.15) is 11.6 Å². The van der Waals surface area contributed by atoms with Crippen molar-refractivity contribution in [2.24, 2.45) is 5.92 Å². The summed E-state index contributed by atoms with van der Waals surface area (Å²) in [5, 5.41) is 14.7. The molecular weight excluding hydrogens is 296 g/mol. The molecule has 24 heavy (non-hydrogen) atoms. The highest BCUT2D eigenvalue weighted by molar-refractivity contribution is 6.02. The van der Waals surface area contributed by atoms with Crippen LogP contribution in [0.15, 0.2) is 48.0 Å². The standard InChI is InChI=1S/C21H22N2O/c1-15-6-2-5-9-20(15)23-21(24)19(14-22)13-16-10-11-17-7-3-4-8-18(17)12-16/h3-4,7-8,10-13,15,20H,2,5-6,9H2,1H3,(H,23,24)/b19-13+/t15-,20-/m1/s1. The van der Waals surface area contributed by atoms with Crippen LogP contribution in [0.1, 0.15) is 38.2 Å². The Morgan fingerprint density at radius 2 is 1.92 bits per heavy atom. The van der Waals surface area contributed by atoms with E-state index in [1.807, 2.05) is 42.5 Å². The zero-order chi connectivity index (χ0) is 16.9. The molecule has 2 aromatic rings. The highest BCUT2D eigenvalue weighted by Gasteiger charge is 2.23. The minimum Gasteiger partial charge on any atom is -0.348 e. The third-order valence-corrected chi connectivity index (χ3v) is 4.88. The summed E-state index contributed by atoms with van der Waals surface area (Å²) in [7, 11) is 0. The number of nitriles is 1. The molecule has 3 nitrogen and oxygen atoms in total. The van der Waals surface area contributed by atoms with Gasteiger partial charge in [0, 0.05) is 6.04 Å². The summed E-state index contributed by atoms with van der Waals surface area (Å²) in [6.45, 7) is 2.17. The van der Waals surface area contributed by atoms with Crippen molar-refractivity contribution < 1.29 is 4.79 Å². The van der Waals surface area contributed by atoms with E-state index < -0.39 is 0 Å². The average Bonchev–Trinajstić information content (AvgIpc) is 2.61. The minimum absolute atomic E-state index is 0.169. The summed E-state index contributed by atoms with van der Waals surface area (Å²) in [5.74, 6) is 0.215. The van der Waals surface area contributed by atoms with E-state index in [2.05, 4.69) is 18.3 Å². The molecule has 3 heteroatoms. The zero-order valence-corrected chi connectivity index (χ0v) is 14.0. The normalized spacial score (nSPS) is 21.2. The molecule has 122 valence electrons. The Morgan fingerprint density at radius 1 is 1.17 bits per heavy atom. The van der Waals surface area contributed by atoms with Crippen molar-refractivity contribution in [3.8, 4) is 6.07 Å². The number of carbonyl (C=O) groups excluding carboxylic acids is 1. The van der Waals surface area contributed by atoms with Gasteiger partial charge in [-0.15, -0.1) is 0 Å². The van der Waals surface area contributed by atoms with Gasteiger partial charge >= 0.3 is 0 Å². The van der Waals surface area contributed by atoms with E-state index in [1.165, 1.54) is 6.42 Å². The molecular formula is C21H22N2O. The van der Waals surface area contributed by atoms with Crippen LogP contribution in [0.5, 0.6) is 0 Å². The Morgan fingerprint density at radius 3 is 2.67 bits per heavy atom. The maximum Gasteiger partial charge on any atom is 0.262 e. The summed E-state index contributed by atoms with van der Waals surface area (Å²) in [6, 6.07) is 16.2. The molecule has 1 aliphatic rings. The van der Waals surface area contributed by atoms with Crippen LogP contribution in [0.25, 0.3) is 16.8 Å². The molecule has 1 saturated carbocycles. The van der Waals surface area contributed by atoms with Crippen LogP contribution in [-0.4, -0.2) is 11.9 Å². The molecule has 0 saturated heterocycles. The first-order valence-electron chi connectivity index (χ1n) is 8.59. The number of rotatable bonds is 3. The van der Waals surface area contributed by atoms with Crippen molar-refractivity contribution in [2.75, 3.05) is 0 Å². The molecule has 0 bridgehead atoms. The molecule has 1 fully saturated rings. The molecule has 3 rings (SSSR count). The first-order chi connectivity index (χ1) is 11.7. The van der Waals surface area contributed by atoms with Crippen molar-refractivity contribution in [2.45, 2.75) is 38.6 Å². The van der Waals surface area contributed by atoms with Crippen LogP contribution < -0.4 is 5.32 Å². The van der Waals surface area contributed by atoms with Crippen LogP contribution in [-0.2, 0) is 4.79 Å². The topological polar surface area (TPSA) is 52.9 Å². The second-order valence-corrected chi connectivity index (χ2v) is 6.62. The van der Waals surface area contributed by atoms with Crippen LogP contribution in [0.2, 0.25) is 0 Å². The Balaban J connectivity index is 1.79. The fraction of sp³-hybridized carbons (Fsp3) is 0.333. The Hall–Kier alpha value is -2.60. The fourth-order valence-electron chi connectivity index (χ4n) is 3.39.